The monoisotopic (exact) mass is 500 g/mol. The van der Waals surface area contributed by atoms with Crippen molar-refractivity contribution in [3.05, 3.63) is 83.6 Å². The van der Waals surface area contributed by atoms with Gasteiger partial charge in [0.2, 0.25) is 0 Å². The second-order valence-corrected chi connectivity index (χ2v) is 9.46. The van der Waals surface area contributed by atoms with Gasteiger partial charge < -0.3 is 20.3 Å². The number of aromatic nitrogens is 2. The number of nitrogens with one attached hydrogen (secondary N) is 1. The van der Waals surface area contributed by atoms with Gasteiger partial charge in [-0.15, -0.1) is 0 Å². The molecule has 0 radical (unpaired) electrons. The molecule has 3 N–H and O–H groups in total. The van der Waals surface area contributed by atoms with Gasteiger partial charge in [0.25, 0.3) is 5.91 Å². The van der Waals surface area contributed by atoms with Gasteiger partial charge in [0.15, 0.2) is 0 Å². The summed E-state index contributed by atoms with van der Waals surface area (Å²) >= 11 is 0. The van der Waals surface area contributed by atoms with Crippen molar-refractivity contribution in [2.45, 2.75) is 19.8 Å². The van der Waals surface area contributed by atoms with Crippen molar-refractivity contribution in [3.63, 3.8) is 0 Å². The molecule has 0 spiro atoms. The number of ether oxygens (including phenoxy) is 1. The van der Waals surface area contributed by atoms with Crippen LogP contribution in [0.2, 0.25) is 0 Å². The molecular formula is C29H36N6O2. The van der Waals surface area contributed by atoms with E-state index in [2.05, 4.69) is 58.7 Å². The SMILES string of the molecule is CCOc1cccc(Cc2ccc3c(cnn3NC(=O)c3cccc(N(C)CCCN(C)C)c3N)c2)c1. The molecular weight excluding hydrogens is 464 g/mol. The zero-order chi connectivity index (χ0) is 26.4. The second kappa shape index (κ2) is 11.8. The van der Waals surface area contributed by atoms with Crippen molar-refractivity contribution in [2.75, 3.05) is 56.9 Å². The minimum absolute atomic E-state index is 0.303. The lowest BCUT2D eigenvalue weighted by atomic mass is 10.0. The molecule has 1 amide bonds. The number of nitrogens with two attached hydrogens (primary N) is 1. The Balaban J connectivity index is 1.47. The van der Waals surface area contributed by atoms with Gasteiger partial charge in [-0.25, -0.2) is 5.43 Å². The lowest BCUT2D eigenvalue weighted by Gasteiger charge is -2.23. The van der Waals surface area contributed by atoms with Crippen molar-refractivity contribution in [2.24, 2.45) is 0 Å². The number of anilines is 2. The molecule has 0 fully saturated rings. The standard InChI is InChI=1S/C29H36N6O2/c1-5-37-24-10-6-9-21(19-24)17-22-13-14-26-23(18-22)20-31-35(26)32-29(36)25-11-7-12-27(28(25)30)34(4)16-8-15-33(2)3/h6-7,9-14,18-20H,5,8,15-17,30H2,1-4H3,(H,32,36). The van der Waals surface area contributed by atoms with Crippen LogP contribution >= 0.6 is 0 Å². The first-order valence-electron chi connectivity index (χ1n) is 12.6. The fourth-order valence-corrected chi connectivity index (χ4v) is 4.41. The summed E-state index contributed by atoms with van der Waals surface area (Å²) in [5, 5.41) is 5.35. The molecule has 0 atom stereocenters. The highest BCUT2D eigenvalue weighted by Crippen LogP contribution is 2.27. The highest BCUT2D eigenvalue weighted by molar-refractivity contribution is 6.06. The predicted octanol–water partition coefficient (Wildman–Crippen LogP) is 4.38. The Labute approximate surface area is 218 Å². The van der Waals surface area contributed by atoms with E-state index in [4.69, 9.17) is 10.5 Å². The van der Waals surface area contributed by atoms with Gasteiger partial charge >= 0.3 is 0 Å². The van der Waals surface area contributed by atoms with Gasteiger partial charge in [0.1, 0.15) is 5.75 Å². The number of nitrogens with zero attached hydrogens (tertiary/aromatic N) is 4. The number of fused-ring (bicyclic) bond motifs is 1. The van der Waals surface area contributed by atoms with Crippen molar-refractivity contribution >= 4 is 28.2 Å². The molecule has 0 bridgehead atoms. The maximum absolute atomic E-state index is 13.2. The largest absolute Gasteiger partial charge is 0.494 e. The van der Waals surface area contributed by atoms with E-state index in [-0.39, 0.29) is 5.91 Å². The smallest absolute Gasteiger partial charge is 0.273 e. The van der Waals surface area contributed by atoms with Gasteiger partial charge in [-0.1, -0.05) is 24.3 Å². The average Bonchev–Trinajstić information content (AvgIpc) is 3.26. The van der Waals surface area contributed by atoms with Crippen LogP contribution in [0.5, 0.6) is 5.75 Å². The van der Waals surface area contributed by atoms with E-state index in [9.17, 15) is 4.79 Å². The van der Waals surface area contributed by atoms with E-state index in [1.165, 1.54) is 10.4 Å². The number of rotatable bonds is 11. The number of benzene rings is 3. The number of amides is 1. The molecule has 0 aliphatic carbocycles. The van der Waals surface area contributed by atoms with E-state index in [0.29, 0.717) is 17.9 Å². The quantitative estimate of drug-likeness (QED) is 0.297. The highest BCUT2D eigenvalue weighted by atomic mass is 16.5. The Morgan fingerprint density at radius 3 is 2.59 bits per heavy atom. The van der Waals surface area contributed by atoms with Gasteiger partial charge in [0.05, 0.1) is 35.3 Å². The number of carbonyl (C=O) groups excluding carboxylic acids is 1. The predicted molar refractivity (Wildman–Crippen MR) is 151 cm³/mol. The van der Waals surface area contributed by atoms with Crippen molar-refractivity contribution in [3.8, 4) is 5.75 Å². The van der Waals surface area contributed by atoms with Crippen LogP contribution in [0.4, 0.5) is 11.4 Å². The first kappa shape index (κ1) is 26.0. The summed E-state index contributed by atoms with van der Waals surface area (Å²) in [5.74, 6) is 0.572. The molecule has 4 aromatic rings. The summed E-state index contributed by atoms with van der Waals surface area (Å²) < 4.78 is 5.62. The molecule has 0 saturated heterocycles. The van der Waals surface area contributed by atoms with Crippen LogP contribution in [-0.4, -0.2) is 61.5 Å². The molecule has 8 nitrogen and oxygen atoms in total. The first-order chi connectivity index (χ1) is 17.9. The number of carbonyl (C=O) groups is 1. The van der Waals surface area contributed by atoms with Crippen LogP contribution in [0.3, 0.4) is 0 Å². The minimum Gasteiger partial charge on any atom is -0.494 e. The molecule has 194 valence electrons. The number of para-hydroxylation sites is 1. The van der Waals surface area contributed by atoms with Gasteiger partial charge in [-0.2, -0.15) is 9.89 Å². The summed E-state index contributed by atoms with van der Waals surface area (Å²) in [6, 6.07) is 19.8. The Kier molecular flexibility index (Phi) is 8.30. The zero-order valence-electron chi connectivity index (χ0n) is 22.1. The Bertz CT molecular complexity index is 1360. The van der Waals surface area contributed by atoms with E-state index in [1.54, 1.807) is 12.3 Å². The lowest BCUT2D eigenvalue weighted by molar-refractivity contribution is 0.101. The fourth-order valence-electron chi connectivity index (χ4n) is 4.41. The number of hydrogen-bond donors (Lipinski definition) is 2. The van der Waals surface area contributed by atoms with Crippen LogP contribution in [0.15, 0.2) is 66.9 Å². The van der Waals surface area contributed by atoms with Crippen LogP contribution < -0.4 is 20.8 Å². The van der Waals surface area contributed by atoms with Gasteiger partial charge in [0, 0.05) is 19.0 Å². The first-order valence-corrected chi connectivity index (χ1v) is 12.6. The van der Waals surface area contributed by atoms with Crippen molar-refractivity contribution in [1.82, 2.24) is 14.8 Å². The Morgan fingerprint density at radius 2 is 1.81 bits per heavy atom. The molecule has 0 aliphatic heterocycles. The van der Waals surface area contributed by atoms with Crippen LogP contribution in [-0.2, 0) is 6.42 Å². The zero-order valence-corrected chi connectivity index (χ0v) is 22.1. The second-order valence-electron chi connectivity index (χ2n) is 9.46. The molecule has 0 aliphatic rings. The molecule has 4 rings (SSSR count). The third-order valence-electron chi connectivity index (χ3n) is 6.30. The van der Waals surface area contributed by atoms with E-state index in [0.717, 1.165) is 53.8 Å². The molecule has 1 heterocycles. The van der Waals surface area contributed by atoms with Crippen molar-refractivity contribution < 1.29 is 9.53 Å². The van der Waals surface area contributed by atoms with Gasteiger partial charge in [-0.05, 0) is 87.9 Å². The average molecular weight is 501 g/mol. The number of nitrogen functional groups attached to an aromatic ring is 1. The third kappa shape index (κ3) is 6.40. The van der Waals surface area contributed by atoms with Crippen LogP contribution in [0, 0.1) is 0 Å². The molecule has 1 aromatic heterocycles. The maximum atomic E-state index is 13.2. The lowest BCUT2D eigenvalue weighted by Crippen LogP contribution is -2.27. The van der Waals surface area contributed by atoms with E-state index in [1.807, 2.05) is 44.3 Å². The number of hydrogen-bond acceptors (Lipinski definition) is 6. The Hall–Kier alpha value is -4.04. The van der Waals surface area contributed by atoms with Gasteiger partial charge in [-0.3, -0.25) is 4.79 Å². The summed E-state index contributed by atoms with van der Waals surface area (Å²) in [6.45, 7) is 4.45. The van der Waals surface area contributed by atoms with Crippen LogP contribution in [0.1, 0.15) is 34.8 Å². The molecule has 0 unspecified atom stereocenters. The molecule has 0 saturated carbocycles. The summed E-state index contributed by atoms with van der Waals surface area (Å²) in [7, 11) is 6.11. The molecule has 3 aromatic carbocycles. The van der Waals surface area contributed by atoms with E-state index >= 15 is 0 Å². The molecule has 8 heteroatoms. The highest BCUT2D eigenvalue weighted by Gasteiger charge is 2.16. The van der Waals surface area contributed by atoms with E-state index < -0.39 is 0 Å². The normalized spacial score (nSPS) is 11.2. The van der Waals surface area contributed by atoms with Crippen molar-refractivity contribution in [1.29, 1.82) is 0 Å². The third-order valence-corrected chi connectivity index (χ3v) is 6.30. The topological polar surface area (TPSA) is 88.7 Å². The van der Waals surface area contributed by atoms with Crippen LogP contribution in [0.25, 0.3) is 10.9 Å². The maximum Gasteiger partial charge on any atom is 0.273 e. The summed E-state index contributed by atoms with van der Waals surface area (Å²) in [5.41, 5.74) is 14.2. The summed E-state index contributed by atoms with van der Waals surface area (Å²) in [4.78, 5) is 18.9. The fraction of sp³-hybridized carbons (Fsp3) is 0.310. The minimum atomic E-state index is -0.303. The molecule has 37 heavy (non-hydrogen) atoms. The Morgan fingerprint density at radius 1 is 1.03 bits per heavy atom. The summed E-state index contributed by atoms with van der Waals surface area (Å²) in [6.07, 6.45) is 3.53.